The van der Waals surface area contributed by atoms with Crippen LogP contribution in [0.5, 0.6) is 0 Å². The third-order valence-corrected chi connectivity index (χ3v) is 7.71. The normalized spacial score (nSPS) is 12.8. The molecule has 2 aromatic carbocycles. The highest BCUT2D eigenvalue weighted by Crippen LogP contribution is 2.47. The van der Waals surface area contributed by atoms with Crippen molar-refractivity contribution in [2.75, 3.05) is 38.6 Å². The first-order chi connectivity index (χ1) is 15.1. The summed E-state index contributed by atoms with van der Waals surface area (Å²) in [6.45, 7) is 5.82. The van der Waals surface area contributed by atoms with Gasteiger partial charge in [0.15, 0.2) is 0 Å². The molecule has 1 aliphatic heterocycles. The van der Waals surface area contributed by atoms with Gasteiger partial charge >= 0.3 is 0 Å². The number of hydrogen-bond donors (Lipinski definition) is 0. The Morgan fingerprint density at radius 2 is 1.12 bits per heavy atom. The number of fused-ring (bicyclic) bond motifs is 2. The van der Waals surface area contributed by atoms with Crippen molar-refractivity contribution in [2.24, 2.45) is 0 Å². The molecule has 0 bridgehead atoms. The lowest BCUT2D eigenvalue weighted by molar-refractivity contribution is -0.889. The van der Waals surface area contributed by atoms with Crippen molar-refractivity contribution in [3.8, 4) is 0 Å². The number of unbranched alkanes of at least 4 members (excludes halogenated alkanes) is 9. The number of likely N-dealkylation sites (N-methyl/N-ethyl adjacent to an activating group) is 1. The van der Waals surface area contributed by atoms with Gasteiger partial charge in [-0.1, -0.05) is 94.3 Å². The Labute approximate surface area is 212 Å². The van der Waals surface area contributed by atoms with Crippen LogP contribution in [0.2, 0.25) is 0 Å². The van der Waals surface area contributed by atoms with Crippen molar-refractivity contribution in [3.05, 3.63) is 48.5 Å². The second kappa shape index (κ2) is 14.3. The van der Waals surface area contributed by atoms with Crippen LogP contribution in [-0.2, 0) is 0 Å². The van der Waals surface area contributed by atoms with Gasteiger partial charge in [0.25, 0.3) is 0 Å². The van der Waals surface area contributed by atoms with E-state index in [1.807, 2.05) is 11.8 Å². The fourth-order valence-corrected chi connectivity index (χ4v) is 5.63. The summed E-state index contributed by atoms with van der Waals surface area (Å²) in [6, 6.07) is 17.7. The third-order valence-electron chi connectivity index (χ3n) is 6.58. The van der Waals surface area contributed by atoms with Crippen molar-refractivity contribution in [3.63, 3.8) is 0 Å². The van der Waals surface area contributed by atoms with E-state index in [0.717, 1.165) is 11.0 Å². The molecule has 2 aromatic rings. The molecule has 2 nitrogen and oxygen atoms in total. The monoisotopic (exact) mass is 518 g/mol. The van der Waals surface area contributed by atoms with Gasteiger partial charge in [-0.15, -0.1) is 0 Å². The molecule has 0 spiro atoms. The maximum absolute atomic E-state index is 2.54. The summed E-state index contributed by atoms with van der Waals surface area (Å²) in [7, 11) is 4.81. The highest BCUT2D eigenvalue weighted by molar-refractivity contribution is 7.99. The first-order valence-electron chi connectivity index (χ1n) is 12.6. The second-order valence-electron chi connectivity index (χ2n) is 9.75. The van der Waals surface area contributed by atoms with E-state index in [4.69, 9.17) is 0 Å². The fourth-order valence-electron chi connectivity index (χ4n) is 4.53. The number of hydrogen-bond acceptors (Lipinski definition) is 2. The van der Waals surface area contributed by atoms with E-state index in [-0.39, 0.29) is 17.0 Å². The number of nitrogens with zero attached hydrogens (tertiary/aromatic N) is 2. The summed E-state index contributed by atoms with van der Waals surface area (Å²) < 4.78 is 1.10. The van der Waals surface area contributed by atoms with Gasteiger partial charge in [0, 0.05) is 9.79 Å². The minimum Gasteiger partial charge on any atom is -1.00 e. The van der Waals surface area contributed by atoms with Gasteiger partial charge in [-0.05, 0) is 37.1 Å². The highest BCUT2D eigenvalue weighted by Gasteiger charge is 2.25. The summed E-state index contributed by atoms with van der Waals surface area (Å²) in [4.78, 5) is 5.29. The van der Waals surface area contributed by atoms with E-state index >= 15 is 0 Å². The topological polar surface area (TPSA) is 3.24 Å². The lowest BCUT2D eigenvalue weighted by Gasteiger charge is -2.36. The average Bonchev–Trinajstić information content (AvgIpc) is 2.78. The SMILES string of the molecule is CCCCCCCCCCCC[N+](C)(C)CCN1c2ccccc2Sc2ccccc21.[Br-]. The molecule has 0 atom stereocenters. The van der Waals surface area contributed by atoms with Gasteiger partial charge in [0.2, 0.25) is 0 Å². The summed E-state index contributed by atoms with van der Waals surface area (Å²) in [5.74, 6) is 0. The van der Waals surface area contributed by atoms with E-state index in [1.54, 1.807) is 0 Å². The van der Waals surface area contributed by atoms with Crippen molar-refractivity contribution in [1.29, 1.82) is 0 Å². The molecule has 0 amide bonds. The van der Waals surface area contributed by atoms with Crippen LogP contribution in [0.4, 0.5) is 11.4 Å². The summed E-state index contributed by atoms with van der Waals surface area (Å²) >= 11 is 1.90. The van der Waals surface area contributed by atoms with Gasteiger partial charge in [-0.2, -0.15) is 0 Å². The van der Waals surface area contributed by atoms with Gasteiger partial charge in [-0.25, -0.2) is 0 Å². The largest absolute Gasteiger partial charge is 1.00 e. The minimum atomic E-state index is 0. The Bertz CT molecular complexity index is 747. The Morgan fingerprint density at radius 3 is 1.66 bits per heavy atom. The average molecular weight is 520 g/mol. The van der Waals surface area contributed by atoms with Gasteiger partial charge < -0.3 is 26.4 Å². The molecule has 3 rings (SSSR count). The smallest absolute Gasteiger partial charge is 0.0964 e. The van der Waals surface area contributed by atoms with Gasteiger partial charge in [-0.3, -0.25) is 0 Å². The van der Waals surface area contributed by atoms with Crippen LogP contribution in [0, 0.1) is 0 Å². The highest BCUT2D eigenvalue weighted by atomic mass is 79.9. The molecule has 178 valence electrons. The van der Waals surface area contributed by atoms with Crippen molar-refractivity contribution in [2.45, 2.75) is 80.9 Å². The molecule has 0 aliphatic carbocycles. The summed E-state index contributed by atoms with van der Waals surface area (Å²) in [6.07, 6.45) is 14.1. The third kappa shape index (κ3) is 8.43. The first-order valence-corrected chi connectivity index (χ1v) is 13.4. The molecule has 0 fully saturated rings. The first kappa shape index (κ1) is 27.3. The van der Waals surface area contributed by atoms with Gasteiger partial charge in [0.1, 0.15) is 0 Å². The molecule has 1 aliphatic rings. The maximum atomic E-state index is 2.54. The van der Waals surface area contributed by atoms with Crippen LogP contribution >= 0.6 is 11.8 Å². The van der Waals surface area contributed by atoms with E-state index in [2.05, 4.69) is 74.4 Å². The van der Waals surface area contributed by atoms with Crippen LogP contribution in [0.25, 0.3) is 0 Å². The van der Waals surface area contributed by atoms with E-state index in [0.29, 0.717) is 0 Å². The van der Waals surface area contributed by atoms with Crippen LogP contribution in [0.3, 0.4) is 0 Å². The molecule has 0 saturated carbocycles. The molecule has 1 heterocycles. The predicted molar refractivity (Wildman–Crippen MR) is 138 cm³/mol. The molecular weight excluding hydrogens is 476 g/mol. The maximum Gasteiger partial charge on any atom is 0.0964 e. The number of para-hydroxylation sites is 2. The minimum absolute atomic E-state index is 0. The standard InChI is InChI=1S/C28H43N2S.BrH/c1-4-5-6-7-8-9-10-11-12-17-23-30(2,3)24-22-29-25-18-13-15-20-27(25)31-28-21-16-14-19-26(28)29;/h13-16,18-21H,4-12,17,22-24H2,1-3H3;1H/q+1;/p-1. The zero-order valence-electron chi connectivity index (χ0n) is 20.5. The van der Waals surface area contributed by atoms with E-state index < -0.39 is 0 Å². The quantitative estimate of drug-likeness (QED) is 0.247. The van der Waals surface area contributed by atoms with E-state index in [9.17, 15) is 0 Å². The lowest BCUT2D eigenvalue weighted by Crippen LogP contribution is -3.00. The Morgan fingerprint density at radius 1 is 0.656 bits per heavy atom. The van der Waals surface area contributed by atoms with Gasteiger partial charge in [0.05, 0.1) is 45.1 Å². The van der Waals surface area contributed by atoms with Crippen molar-refractivity contribution < 1.29 is 21.5 Å². The number of rotatable bonds is 14. The van der Waals surface area contributed by atoms with Crippen LogP contribution < -0.4 is 21.9 Å². The molecule has 4 heteroatoms. The zero-order valence-corrected chi connectivity index (χ0v) is 22.9. The lowest BCUT2D eigenvalue weighted by atomic mass is 10.1. The van der Waals surface area contributed by atoms with E-state index in [1.165, 1.54) is 98.5 Å². The summed E-state index contributed by atoms with van der Waals surface area (Å²) in [5, 5.41) is 0. The van der Waals surface area contributed by atoms with Crippen LogP contribution in [0.1, 0.15) is 71.1 Å². The molecular formula is C28H43BrN2S. The van der Waals surface area contributed by atoms with Crippen LogP contribution in [0.15, 0.2) is 58.3 Å². The number of benzene rings is 2. The molecule has 0 N–H and O–H groups in total. The molecule has 0 saturated heterocycles. The zero-order chi connectivity index (χ0) is 21.9. The Kier molecular flexibility index (Phi) is 12.2. The number of quaternary nitrogens is 1. The van der Waals surface area contributed by atoms with Crippen LogP contribution in [-0.4, -0.2) is 38.2 Å². The molecule has 0 unspecified atom stereocenters. The second-order valence-corrected chi connectivity index (χ2v) is 10.8. The fraction of sp³-hybridized carbons (Fsp3) is 0.571. The Balaban J connectivity index is 0.00000363. The summed E-state index contributed by atoms with van der Waals surface area (Å²) in [5.41, 5.74) is 2.73. The number of halogens is 1. The Hall–Kier alpha value is -0.970. The predicted octanol–water partition coefficient (Wildman–Crippen LogP) is 5.29. The molecule has 32 heavy (non-hydrogen) atoms. The van der Waals surface area contributed by atoms with Crippen molar-refractivity contribution in [1.82, 2.24) is 0 Å². The van der Waals surface area contributed by atoms with Crippen molar-refractivity contribution >= 4 is 23.1 Å². The molecule has 0 aromatic heterocycles. The molecule has 0 radical (unpaired) electrons. The number of anilines is 2.